The Morgan fingerprint density at radius 2 is 1.07 bits per heavy atom. The molecule has 8 heteroatoms. The van der Waals surface area contributed by atoms with Crippen LogP contribution in [0, 0.1) is 0 Å². The maximum absolute atomic E-state index is 4.89. The maximum Gasteiger partial charge on any atom is 0.0545 e. The Hall–Kier alpha value is 0.0895. The van der Waals surface area contributed by atoms with Crippen molar-refractivity contribution in [3.05, 3.63) is 29.6 Å². The molecular formula is C21H35Cl2MnN5. The first kappa shape index (κ1) is 23.7. The monoisotopic (exact) mass is 482 g/mol. The molecule has 1 aromatic heterocycles. The molecule has 2 aliphatic carbocycles. The van der Waals surface area contributed by atoms with Crippen molar-refractivity contribution in [3.63, 3.8) is 0 Å². The number of aromatic nitrogens is 1. The van der Waals surface area contributed by atoms with Crippen molar-refractivity contribution in [1.29, 1.82) is 0 Å². The molecule has 2 heterocycles. The summed E-state index contributed by atoms with van der Waals surface area (Å²) in [5, 5.41) is 15.2. The summed E-state index contributed by atoms with van der Waals surface area (Å²) in [6.45, 7) is 3.89. The first-order valence-corrected chi connectivity index (χ1v) is 14.3. The largest absolute Gasteiger partial charge is 0.311 e. The molecule has 4 N–H and O–H groups in total. The second kappa shape index (κ2) is 13.5. The van der Waals surface area contributed by atoms with Crippen LogP contribution in [-0.4, -0.2) is 42.2 Å². The van der Waals surface area contributed by atoms with Gasteiger partial charge in [-0.2, -0.15) is 0 Å². The van der Waals surface area contributed by atoms with E-state index in [1.54, 1.807) is 0 Å². The third-order valence-corrected chi connectivity index (χ3v) is 6.43. The number of hydrogen-bond acceptors (Lipinski definition) is 5. The van der Waals surface area contributed by atoms with Gasteiger partial charge in [-0.3, -0.25) is 4.98 Å². The van der Waals surface area contributed by atoms with E-state index < -0.39 is 0 Å². The van der Waals surface area contributed by atoms with Gasteiger partial charge in [0.1, 0.15) is 0 Å². The third kappa shape index (κ3) is 7.93. The van der Waals surface area contributed by atoms with Crippen LogP contribution >= 0.6 is 20.2 Å². The summed E-state index contributed by atoms with van der Waals surface area (Å²) in [4.78, 5) is 4.89. The fourth-order valence-electron chi connectivity index (χ4n) is 4.95. The quantitative estimate of drug-likeness (QED) is 0.426. The number of rotatable bonds is 0. The van der Waals surface area contributed by atoms with Crippen LogP contribution < -0.4 is 21.3 Å². The van der Waals surface area contributed by atoms with E-state index in [0.717, 1.165) is 26.2 Å². The summed E-state index contributed by atoms with van der Waals surface area (Å²) < 4.78 is 0. The standard InChI is InChI=1S/C21H35N5.2ClH.Mn/c1-3-10-20-18(8-1)22-12-13-23-19-9-2-4-11-21(19)25-15-17-7-5-6-16(26-17)14-24-20;;;/h5-7,18-25H,1-4,8-15H2;2*1H;/q;;;+2/p-2/t18-,19?,20-,21-;;;/m1.../s1. The van der Waals surface area contributed by atoms with Crippen LogP contribution in [0.3, 0.4) is 0 Å². The molecule has 2 bridgehead atoms. The van der Waals surface area contributed by atoms with Crippen molar-refractivity contribution in [2.75, 3.05) is 13.1 Å². The summed E-state index contributed by atoms with van der Waals surface area (Å²) in [7, 11) is 9.59. The van der Waals surface area contributed by atoms with E-state index in [9.17, 15) is 0 Å². The molecule has 2 saturated carbocycles. The maximum atomic E-state index is 4.89. The van der Waals surface area contributed by atoms with Gasteiger partial charge in [0.15, 0.2) is 0 Å². The summed E-state index contributed by atoms with van der Waals surface area (Å²) in [6.07, 6.45) is 10.5. The Balaban J connectivity index is 0.000000755. The Morgan fingerprint density at radius 3 is 1.48 bits per heavy atom. The smallest absolute Gasteiger partial charge is 0.0545 e. The molecule has 165 valence electrons. The molecule has 2 fully saturated rings. The molecule has 4 atom stereocenters. The third-order valence-electron chi connectivity index (χ3n) is 6.43. The first-order chi connectivity index (χ1) is 14.3. The Bertz CT molecular complexity index is 549. The molecule has 0 aromatic carbocycles. The van der Waals surface area contributed by atoms with Gasteiger partial charge in [0.05, 0.1) is 11.4 Å². The molecule has 1 aromatic rings. The molecule has 0 saturated heterocycles. The number of nitrogens with one attached hydrogen (secondary N) is 4. The summed E-state index contributed by atoms with van der Waals surface area (Å²) in [5.41, 5.74) is 2.34. The average Bonchev–Trinajstić information content (AvgIpc) is 2.76. The molecule has 29 heavy (non-hydrogen) atoms. The molecule has 0 spiro atoms. The number of halogens is 2. The molecule has 0 amide bonds. The van der Waals surface area contributed by atoms with Crippen molar-refractivity contribution in [1.82, 2.24) is 26.3 Å². The Kier molecular flexibility index (Phi) is 11.0. The summed E-state index contributed by atoms with van der Waals surface area (Å²) in [6, 6.07) is 8.81. The molecule has 5 nitrogen and oxygen atoms in total. The minimum atomic E-state index is 0.00694. The van der Waals surface area contributed by atoms with E-state index >= 15 is 0 Å². The van der Waals surface area contributed by atoms with Gasteiger partial charge in [0, 0.05) is 50.3 Å². The van der Waals surface area contributed by atoms with Crippen LogP contribution in [0.15, 0.2) is 18.2 Å². The van der Waals surface area contributed by atoms with Crippen LogP contribution in [0.5, 0.6) is 0 Å². The van der Waals surface area contributed by atoms with E-state index in [0.29, 0.717) is 24.2 Å². The zero-order valence-corrected chi connectivity index (χ0v) is 19.8. The summed E-state index contributed by atoms with van der Waals surface area (Å²) in [5.74, 6) is 0. The SMILES string of the molecule is [Cl][Mn][Cl].c1cc2nc(c1)CN[C@@H]1CCCC[C@H]1NCCNC1CCCC[C@H]1NC2. The summed E-state index contributed by atoms with van der Waals surface area (Å²) >= 11 is 0.00694. The van der Waals surface area contributed by atoms with E-state index in [-0.39, 0.29) is 13.1 Å². The topological polar surface area (TPSA) is 61.0 Å². The van der Waals surface area contributed by atoms with Crippen molar-refractivity contribution < 1.29 is 13.1 Å². The predicted molar refractivity (Wildman–Crippen MR) is 118 cm³/mol. The molecule has 1 unspecified atom stereocenters. The minimum absolute atomic E-state index is 0.00694. The molecule has 3 aliphatic rings. The van der Waals surface area contributed by atoms with Crippen LogP contribution in [0.25, 0.3) is 0 Å². The van der Waals surface area contributed by atoms with Gasteiger partial charge in [-0.1, -0.05) is 31.7 Å². The molecule has 1 aliphatic heterocycles. The minimum Gasteiger partial charge on any atom is -0.311 e. The Morgan fingerprint density at radius 1 is 0.690 bits per heavy atom. The fraction of sp³-hybridized carbons (Fsp3) is 0.762. The predicted octanol–water partition coefficient (Wildman–Crippen LogP) is 3.45. The van der Waals surface area contributed by atoms with Gasteiger partial charge in [-0.15, -0.1) is 0 Å². The average molecular weight is 483 g/mol. The number of pyridine rings is 1. The second-order valence-corrected chi connectivity index (χ2v) is 10.3. The molecule has 4 rings (SSSR count). The fourth-order valence-corrected chi connectivity index (χ4v) is 4.95. The normalized spacial score (nSPS) is 31.1. The van der Waals surface area contributed by atoms with Gasteiger partial charge < -0.3 is 21.3 Å². The zero-order valence-electron chi connectivity index (χ0n) is 17.1. The van der Waals surface area contributed by atoms with Crippen molar-refractivity contribution >= 4 is 20.2 Å². The van der Waals surface area contributed by atoms with Gasteiger partial charge in [-0.05, 0) is 37.8 Å². The van der Waals surface area contributed by atoms with E-state index in [2.05, 4.69) is 39.5 Å². The Labute approximate surface area is 190 Å². The van der Waals surface area contributed by atoms with E-state index in [4.69, 9.17) is 25.2 Å². The van der Waals surface area contributed by atoms with E-state index in [1.807, 2.05) is 0 Å². The van der Waals surface area contributed by atoms with Crippen LogP contribution in [-0.2, 0) is 26.2 Å². The zero-order chi connectivity index (χ0) is 20.3. The number of hydrogen-bond donors (Lipinski definition) is 4. The molecule has 0 radical (unpaired) electrons. The molecular weight excluding hydrogens is 448 g/mol. The van der Waals surface area contributed by atoms with Crippen molar-refractivity contribution in [2.45, 2.75) is 88.6 Å². The van der Waals surface area contributed by atoms with Gasteiger partial charge in [0.2, 0.25) is 0 Å². The van der Waals surface area contributed by atoms with Crippen molar-refractivity contribution in [2.24, 2.45) is 0 Å². The van der Waals surface area contributed by atoms with Crippen molar-refractivity contribution in [3.8, 4) is 0 Å². The number of nitrogens with zero attached hydrogens (tertiary/aromatic N) is 1. The van der Waals surface area contributed by atoms with Gasteiger partial charge in [0.25, 0.3) is 0 Å². The van der Waals surface area contributed by atoms with Crippen LogP contribution in [0.1, 0.15) is 62.8 Å². The van der Waals surface area contributed by atoms with Crippen LogP contribution in [0.4, 0.5) is 0 Å². The first-order valence-electron chi connectivity index (χ1n) is 11.1. The van der Waals surface area contributed by atoms with E-state index in [1.165, 1.54) is 62.8 Å². The van der Waals surface area contributed by atoms with Gasteiger partial charge in [-0.25, -0.2) is 0 Å². The van der Waals surface area contributed by atoms with Crippen LogP contribution in [0.2, 0.25) is 0 Å². The number of fused-ring (bicyclic) bond motifs is 4. The second-order valence-electron chi connectivity index (χ2n) is 8.34. The van der Waals surface area contributed by atoms with Gasteiger partial charge >= 0.3 is 33.3 Å².